The molecule has 11 fully saturated rings. The van der Waals surface area contributed by atoms with Crippen LogP contribution in [-0.2, 0) is 56.7 Å². The largest absolute Gasteiger partial charge is 1.00 e. The molecule has 8 aliphatic carbocycles. The van der Waals surface area contributed by atoms with Gasteiger partial charge in [0, 0.05) is 60.2 Å². The van der Waals surface area contributed by atoms with Crippen molar-refractivity contribution in [3.05, 3.63) is 131 Å². The maximum atomic E-state index is 12.0. The van der Waals surface area contributed by atoms with E-state index in [9.17, 15) is 41.9 Å². The first kappa shape index (κ1) is 140. The monoisotopic (exact) mass is 2170 g/mol. The molecule has 4 N–H and O–H groups in total. The number of rotatable bonds is 23. The average molecular weight is 2170 g/mol. The first-order valence-corrected chi connectivity index (χ1v) is 66.1. The van der Waals surface area contributed by atoms with Crippen LogP contribution in [0.25, 0.3) is 0 Å². The minimum atomic E-state index is -6.00. The van der Waals surface area contributed by atoms with E-state index in [0.717, 1.165) is 67.1 Å². The molecule has 0 aromatic heterocycles. The molecule has 0 aromatic carbocycles. The van der Waals surface area contributed by atoms with Crippen molar-refractivity contribution in [1.29, 1.82) is 0 Å². The summed E-state index contributed by atoms with van der Waals surface area (Å²) in [5, 5.41) is 21.4. The van der Waals surface area contributed by atoms with E-state index >= 15 is 0 Å². The number of ether oxygens (including phenoxy) is 3. The van der Waals surface area contributed by atoms with Gasteiger partial charge in [0.1, 0.15) is 18.3 Å². The predicted octanol–water partition coefficient (Wildman–Crippen LogP) is 30.6. The molecule has 144 heavy (non-hydrogen) atoms. The van der Waals surface area contributed by atoms with Gasteiger partial charge in [-0.2, -0.15) is 8.42 Å². The SMILES string of the molecule is C.C.C.C.C#CC[C@H](O[Si](C)(C)C(C)(C)C)[C@H](C)C(C=C)O[Si](C)(C)C(C)(C)C.C=C1C[C@H](C[C@@H](C)[C@H]2CC[C@@]3(C)/C(=C/C=C4/C[C@@H](O)[C@H](C)[C@@H](O)C4=C)CCC[C@]23C)OC1=O.C=C1C[C@H](C[C@@H](C)[C@H]2CC[C@H]3/C(=C/Br)CCC[C@]23C)OC1=O.C=C1C[C@H](C[C@@H](C)[C@H]2CC[C@H]3/C(=C/C=C4/C[C@@H](O[Si](C)(C)C(C)(C)C)[C@H](C)[C@@H](O[Si](C)(C)C(C)(C)C)C4=C)CCC[C@]23C)OC1=O.CCC.F[B-](F)(F)F.O=S(=O)(O)O.[Li+]. The third-order valence-electron chi connectivity index (χ3n) is 36.3. The Morgan fingerprint density at radius 3 is 1.29 bits per heavy atom. The van der Waals surface area contributed by atoms with Crippen molar-refractivity contribution in [3.8, 4) is 12.3 Å². The standard InChI is InChI=1S/C40H68O4Si2.C29H42O4.C21H42O2Si2.C19H27BrO2.C3H8.4CH4.BF4.Li.H2O4S/c1-26(23-32-24-27(2)37(41)42-32)33-20-21-34-30(17-16-22-40(33,34)11)18-19-31-25-35(43-45(12,13)38(5,6)7)29(4)36(28(31)3)44-46(14,15)39(8,9)10;1-17(14-23-15-18(2)27(32)33-23)24-11-13-28(5)22(8-7-12-29(24,28)6)10-9-21-16-25(30)20(4)26(31)19(21)3;1-14-16-19(23-25(12,13)21(7,8)9)17(3)18(15-2)22-24(10,11)20(4,5)6;1-12(9-15-10-13(2)18(21)22-15)16-6-7-17-14(11-20)5-4-8-19(16,17)3;1-3-2;;;;;2-1(3,4)5;;1-5(2,3)4/h18-19,26,29,32-36H,2-3,16-17,20-25H2,1,4-15H3;9-10,17,20,23-26,30-31H,2-3,7-8,11-16H2,1,4-6H3;1,15,17-19H,2,16H2,3-13H3;11-12,15-17H,2,4-10H2,1,3H3;3H2,1-2H3;4*1H4;;;(H2,1,2,3,4)/q;;;;;;;;;-1;+1;/b30-18+,31-19-;21-9-,22-10+;;14-11+;;;;;;;;/t26-,29+,32+,33-,34+,35-,36+,40-;17-,20+,23+,24-,25-,26+,28+,29-;17-,18?,19+;12-,15+,16-,17+,19-;;;;;;;;/m1111......../s1. The van der Waals surface area contributed by atoms with Crippen LogP contribution in [0.2, 0.25) is 72.5 Å². The Hall–Kier alpha value is -3.53. The summed E-state index contributed by atoms with van der Waals surface area (Å²) < 4.78 is 115. The van der Waals surface area contributed by atoms with Crippen LogP contribution in [0.1, 0.15) is 356 Å². The molecule has 3 saturated heterocycles. The second-order valence-electron chi connectivity index (χ2n) is 50.4. The Morgan fingerprint density at radius 1 is 0.542 bits per heavy atom. The molecule has 3 heterocycles. The minimum absolute atomic E-state index is 0. The normalized spacial score (nSPS) is 32.0. The Kier molecular flexibility index (Phi) is 54.7. The fourth-order valence-electron chi connectivity index (χ4n) is 23.7. The van der Waals surface area contributed by atoms with Crippen LogP contribution in [0.5, 0.6) is 0 Å². The number of esters is 3. The van der Waals surface area contributed by atoms with Gasteiger partial charge in [-0.3, -0.25) is 9.11 Å². The zero-order valence-electron chi connectivity index (χ0n) is 93.1. The van der Waals surface area contributed by atoms with Crippen LogP contribution in [0, 0.1) is 99.1 Å². The summed E-state index contributed by atoms with van der Waals surface area (Å²) in [4.78, 5) is 37.5. The van der Waals surface area contributed by atoms with Crippen LogP contribution in [0.4, 0.5) is 17.3 Å². The minimum Gasteiger partial charge on any atom is -0.459 e. The van der Waals surface area contributed by atoms with Gasteiger partial charge in [-0.05, 0) is 297 Å². The van der Waals surface area contributed by atoms with Gasteiger partial charge in [-0.25, -0.2) is 14.4 Å². The molecule has 0 radical (unpaired) electrons. The van der Waals surface area contributed by atoms with E-state index in [2.05, 4.69) is 296 Å². The first-order valence-electron chi connectivity index (χ1n) is 52.2. The topological polar surface area (TPSA) is 231 Å². The van der Waals surface area contributed by atoms with E-state index in [-0.39, 0.29) is 158 Å². The van der Waals surface area contributed by atoms with Gasteiger partial charge in [0.25, 0.3) is 0 Å². The molecule has 0 spiro atoms. The van der Waals surface area contributed by atoms with Crippen molar-refractivity contribution < 1.29 is 110 Å². The van der Waals surface area contributed by atoms with Crippen LogP contribution < -0.4 is 18.9 Å². The van der Waals surface area contributed by atoms with Crippen molar-refractivity contribution in [2.75, 3.05) is 0 Å². The Bertz CT molecular complexity index is 4520. The molecule has 28 heteroatoms. The van der Waals surface area contributed by atoms with E-state index in [1.807, 2.05) is 13.0 Å². The van der Waals surface area contributed by atoms with Crippen molar-refractivity contribution >= 4 is 84.8 Å². The molecular weight excluding hydrogens is 1970 g/mol. The molecule has 3 aliphatic heterocycles. The van der Waals surface area contributed by atoms with E-state index in [1.165, 1.54) is 107 Å². The molecule has 16 nitrogen and oxygen atoms in total. The van der Waals surface area contributed by atoms with Crippen LogP contribution >= 0.6 is 15.9 Å². The molecule has 0 amide bonds. The van der Waals surface area contributed by atoms with Gasteiger partial charge in [0.05, 0.1) is 36.6 Å². The van der Waals surface area contributed by atoms with E-state index in [1.54, 1.807) is 11.1 Å². The zero-order chi connectivity index (χ0) is 107. The third-order valence-corrected chi connectivity index (χ3v) is 54.9. The number of fused-ring (bicyclic) bond motifs is 3. The summed E-state index contributed by atoms with van der Waals surface area (Å²) in [6, 6.07) is 0. The van der Waals surface area contributed by atoms with Gasteiger partial charge in [-0.15, -0.1) is 18.9 Å². The molecule has 0 bridgehead atoms. The quantitative estimate of drug-likeness (QED) is 0.0109. The van der Waals surface area contributed by atoms with Gasteiger partial charge in [0.15, 0.2) is 33.3 Å². The fourth-order valence-corrected chi connectivity index (χ4v) is 29.7. The van der Waals surface area contributed by atoms with Crippen molar-refractivity contribution in [3.63, 3.8) is 0 Å². The first-order chi connectivity index (χ1) is 63.3. The number of allylic oxidation sites excluding steroid dienone is 7. The molecule has 8 saturated carbocycles. The summed E-state index contributed by atoms with van der Waals surface area (Å²) in [5.74, 6) is 7.43. The Morgan fingerprint density at radius 2 is 0.910 bits per heavy atom. The van der Waals surface area contributed by atoms with Gasteiger partial charge in [-0.1, -0.05) is 298 Å². The molecule has 1 unspecified atom stereocenters. The molecule has 11 aliphatic rings. The third kappa shape index (κ3) is 36.6. The average Bonchev–Trinajstić information content (AvgIpc) is 1.56. The van der Waals surface area contributed by atoms with Gasteiger partial charge < -0.3 is 59.4 Å². The number of halogens is 5. The maximum absolute atomic E-state index is 12.0. The Balaban J connectivity index is 0.00000185. The molecule has 0 aromatic rings. The molecular formula is C116H205BBrF4LiO16SSi4. The van der Waals surface area contributed by atoms with Crippen molar-refractivity contribution in [1.82, 2.24) is 0 Å². The van der Waals surface area contributed by atoms with Crippen LogP contribution in [0.15, 0.2) is 131 Å². The number of aliphatic hydroxyl groups excluding tert-OH is 2. The summed E-state index contributed by atoms with van der Waals surface area (Å²) in [5.41, 5.74) is 11.9. The Labute approximate surface area is 901 Å². The summed E-state index contributed by atoms with van der Waals surface area (Å²) >= 11 is 3.58. The van der Waals surface area contributed by atoms with E-state index in [0.29, 0.717) is 88.7 Å². The molecule has 826 valence electrons. The molecule has 24 atom stereocenters. The number of hydrogen-bond donors (Lipinski definition) is 4. The molecule has 11 rings (SSSR count). The number of cyclic esters (lactones) is 3. The summed E-state index contributed by atoms with van der Waals surface area (Å²) in [6.45, 7) is 98.3. The van der Waals surface area contributed by atoms with E-state index < -0.39 is 63.1 Å². The van der Waals surface area contributed by atoms with Crippen LogP contribution in [0.3, 0.4) is 0 Å². The predicted molar refractivity (Wildman–Crippen MR) is 607 cm³/mol. The summed E-state index contributed by atoms with van der Waals surface area (Å²) in [7, 11) is -18.5. The number of carbonyl (C=O) groups is 3. The van der Waals surface area contributed by atoms with Crippen molar-refractivity contribution in [2.45, 2.75) is 484 Å². The number of carbonyl (C=O) groups excluding carboxylic acids is 3. The van der Waals surface area contributed by atoms with Gasteiger partial charge in [0.2, 0.25) is 0 Å². The zero-order valence-corrected chi connectivity index (χ0v) is 99.5. The number of terminal acetylenes is 1. The van der Waals surface area contributed by atoms with Crippen LogP contribution in [-0.4, -0.2) is 141 Å². The number of hydrogen-bond acceptors (Lipinski definition) is 14. The second-order valence-corrected chi connectivity index (χ2v) is 70.8. The second kappa shape index (κ2) is 56.0. The number of aliphatic hydroxyl groups is 2. The van der Waals surface area contributed by atoms with E-state index in [4.69, 9.17) is 62.4 Å². The van der Waals surface area contributed by atoms with Gasteiger partial charge >= 0.3 is 54.4 Å². The van der Waals surface area contributed by atoms with Crippen molar-refractivity contribution in [2.24, 2.45) is 86.8 Å². The fraction of sp³-hybridized carbons (Fsp3) is 0.767. The summed E-state index contributed by atoms with van der Waals surface area (Å²) in [6.07, 6.45) is 42.7. The maximum Gasteiger partial charge on any atom is 1.00 e. The smallest absolute Gasteiger partial charge is 0.459 e.